The van der Waals surface area contributed by atoms with E-state index >= 15 is 0 Å². The second kappa shape index (κ2) is 3.33. The molecule has 16 heavy (non-hydrogen) atoms. The highest BCUT2D eigenvalue weighted by Crippen LogP contribution is 2.26. The molecule has 0 amide bonds. The lowest BCUT2D eigenvalue weighted by Crippen LogP contribution is -2.21. The number of carbonyl (C=O) groups is 1. The summed E-state index contributed by atoms with van der Waals surface area (Å²) in [5, 5.41) is 0.118. The number of hydrogen-bond acceptors (Lipinski definition) is 2. The molecule has 2 rings (SSSR count). The smallest absolute Gasteiger partial charge is 0.453 e. The highest BCUT2D eigenvalue weighted by Gasteiger charge is 2.41. The molecule has 84 valence electrons. The molecule has 0 N–H and O–H groups in total. The van der Waals surface area contributed by atoms with E-state index in [2.05, 4.69) is 4.42 Å². The zero-order valence-electron chi connectivity index (χ0n) is 7.64. The summed E-state index contributed by atoms with van der Waals surface area (Å²) in [6, 6.07) is 4.06. The molecule has 0 bridgehead atoms. The fourth-order valence-electron chi connectivity index (χ4n) is 1.27. The van der Waals surface area contributed by atoms with E-state index in [1.54, 1.807) is 0 Å². The maximum absolute atomic E-state index is 12.7. The van der Waals surface area contributed by atoms with Gasteiger partial charge in [0.15, 0.2) is 5.76 Å². The molecule has 0 aliphatic carbocycles. The summed E-state index contributed by atoms with van der Waals surface area (Å²) in [5.74, 6) is -3.53. The third-order valence-electron chi connectivity index (χ3n) is 1.96. The molecule has 0 unspecified atom stereocenters. The Kier molecular flexibility index (Phi) is 2.22. The van der Waals surface area contributed by atoms with Gasteiger partial charge >= 0.3 is 12.0 Å². The van der Waals surface area contributed by atoms with Gasteiger partial charge in [-0.3, -0.25) is 4.79 Å². The van der Waals surface area contributed by atoms with E-state index in [9.17, 15) is 22.4 Å². The molecule has 0 saturated heterocycles. The summed E-state index contributed by atoms with van der Waals surface area (Å²) in [6.45, 7) is 0. The summed E-state index contributed by atoms with van der Waals surface area (Å²) < 4.78 is 53.6. The fourth-order valence-corrected chi connectivity index (χ4v) is 1.27. The van der Waals surface area contributed by atoms with Crippen molar-refractivity contribution in [3.63, 3.8) is 0 Å². The van der Waals surface area contributed by atoms with Crippen molar-refractivity contribution in [2.45, 2.75) is 6.18 Å². The van der Waals surface area contributed by atoms with Gasteiger partial charge in [-0.1, -0.05) is 0 Å². The molecule has 0 spiro atoms. The maximum Gasteiger partial charge on any atom is 0.458 e. The molecular formula is C10H4F4O2. The van der Waals surface area contributed by atoms with E-state index in [0.717, 1.165) is 24.3 Å². The van der Waals surface area contributed by atoms with Crippen LogP contribution in [0.4, 0.5) is 17.6 Å². The Bertz CT molecular complexity index is 553. The van der Waals surface area contributed by atoms with Gasteiger partial charge in [-0.05, 0) is 24.3 Å². The molecule has 2 aromatic rings. The van der Waals surface area contributed by atoms with Gasteiger partial charge in [-0.2, -0.15) is 13.2 Å². The van der Waals surface area contributed by atoms with Crippen molar-refractivity contribution in [2.24, 2.45) is 0 Å². The number of alkyl halides is 3. The van der Waals surface area contributed by atoms with Crippen LogP contribution in [0.5, 0.6) is 0 Å². The number of hydrogen-bond donors (Lipinski definition) is 0. The third-order valence-corrected chi connectivity index (χ3v) is 1.96. The minimum Gasteiger partial charge on any atom is -0.453 e. The second-order valence-electron chi connectivity index (χ2n) is 3.12. The standard InChI is InChI=1S/C10H4F4O2/c11-6-1-2-7-5(3-6)4-8(16-7)9(15)10(12,13)14/h1-4H. The molecule has 2 nitrogen and oxygen atoms in total. The second-order valence-corrected chi connectivity index (χ2v) is 3.12. The first-order valence-corrected chi connectivity index (χ1v) is 4.18. The Morgan fingerprint density at radius 2 is 1.88 bits per heavy atom. The Balaban J connectivity index is 2.52. The first-order chi connectivity index (χ1) is 7.38. The van der Waals surface area contributed by atoms with E-state index < -0.39 is 23.5 Å². The molecule has 1 heterocycles. The van der Waals surface area contributed by atoms with Gasteiger partial charge in [0.05, 0.1) is 0 Å². The monoisotopic (exact) mass is 232 g/mol. The Morgan fingerprint density at radius 3 is 2.50 bits per heavy atom. The van der Waals surface area contributed by atoms with Crippen molar-refractivity contribution in [3.05, 3.63) is 35.8 Å². The Hall–Kier alpha value is -1.85. The first-order valence-electron chi connectivity index (χ1n) is 4.18. The average molecular weight is 232 g/mol. The van der Waals surface area contributed by atoms with Gasteiger partial charge < -0.3 is 4.42 Å². The maximum atomic E-state index is 12.7. The molecule has 0 radical (unpaired) electrons. The topological polar surface area (TPSA) is 30.2 Å². The number of carbonyl (C=O) groups excluding carboxylic acids is 1. The van der Waals surface area contributed by atoms with Gasteiger partial charge in [0.25, 0.3) is 0 Å². The van der Waals surface area contributed by atoms with Crippen LogP contribution in [0.2, 0.25) is 0 Å². The molecule has 0 aliphatic heterocycles. The largest absolute Gasteiger partial charge is 0.458 e. The van der Waals surface area contributed by atoms with Crippen LogP contribution in [-0.4, -0.2) is 12.0 Å². The number of halogens is 4. The van der Waals surface area contributed by atoms with Gasteiger partial charge in [-0.25, -0.2) is 4.39 Å². The summed E-state index contributed by atoms with van der Waals surface area (Å²) in [5.41, 5.74) is 0.0361. The van der Waals surface area contributed by atoms with Crippen LogP contribution in [0.15, 0.2) is 28.7 Å². The van der Waals surface area contributed by atoms with Gasteiger partial charge in [0.2, 0.25) is 0 Å². The minimum atomic E-state index is -4.99. The summed E-state index contributed by atoms with van der Waals surface area (Å²) >= 11 is 0. The predicted molar refractivity (Wildman–Crippen MR) is 46.6 cm³/mol. The van der Waals surface area contributed by atoms with Crippen LogP contribution in [0.1, 0.15) is 10.6 Å². The summed E-state index contributed by atoms with van der Waals surface area (Å²) in [7, 11) is 0. The molecule has 1 aromatic carbocycles. The Morgan fingerprint density at radius 1 is 1.19 bits per heavy atom. The van der Waals surface area contributed by atoms with E-state index in [1.807, 2.05) is 0 Å². The molecule has 0 aliphatic rings. The van der Waals surface area contributed by atoms with Crippen molar-refractivity contribution >= 4 is 16.8 Å². The number of fused-ring (bicyclic) bond motifs is 1. The van der Waals surface area contributed by atoms with Crippen LogP contribution in [0.25, 0.3) is 11.0 Å². The number of furan rings is 1. The number of rotatable bonds is 1. The van der Waals surface area contributed by atoms with Crippen LogP contribution >= 0.6 is 0 Å². The molecule has 0 saturated carbocycles. The lowest BCUT2D eigenvalue weighted by molar-refractivity contribution is -0.0898. The van der Waals surface area contributed by atoms with Crippen LogP contribution in [0.3, 0.4) is 0 Å². The molecule has 0 atom stereocenters. The molecule has 6 heteroatoms. The van der Waals surface area contributed by atoms with Crippen molar-refractivity contribution in [3.8, 4) is 0 Å². The van der Waals surface area contributed by atoms with Gasteiger partial charge in [-0.15, -0.1) is 0 Å². The highest BCUT2D eigenvalue weighted by molar-refractivity contribution is 6.01. The van der Waals surface area contributed by atoms with E-state index in [0.29, 0.717) is 0 Å². The highest BCUT2D eigenvalue weighted by atomic mass is 19.4. The van der Waals surface area contributed by atoms with Gasteiger partial charge in [0, 0.05) is 5.39 Å². The summed E-state index contributed by atoms with van der Waals surface area (Å²) in [4.78, 5) is 10.8. The van der Waals surface area contributed by atoms with E-state index in [1.165, 1.54) is 0 Å². The molecule has 0 fully saturated rings. The minimum absolute atomic E-state index is 0.0361. The number of benzene rings is 1. The van der Waals surface area contributed by atoms with Crippen LogP contribution in [0, 0.1) is 5.82 Å². The van der Waals surface area contributed by atoms with Crippen molar-refractivity contribution < 1.29 is 26.8 Å². The van der Waals surface area contributed by atoms with Crippen molar-refractivity contribution in [1.82, 2.24) is 0 Å². The molecule has 1 aromatic heterocycles. The number of ketones is 1. The van der Waals surface area contributed by atoms with Crippen molar-refractivity contribution in [2.75, 3.05) is 0 Å². The fraction of sp³-hybridized carbons (Fsp3) is 0.100. The molecular weight excluding hydrogens is 228 g/mol. The first kappa shape index (κ1) is 10.7. The number of Topliss-reactive ketones (excluding diaryl/α,β-unsaturated/α-hetero) is 1. The van der Waals surface area contributed by atoms with Crippen LogP contribution < -0.4 is 0 Å². The van der Waals surface area contributed by atoms with E-state index in [-0.39, 0.29) is 11.0 Å². The Labute approximate surface area is 86.5 Å². The quantitative estimate of drug-likeness (QED) is 0.557. The SMILES string of the molecule is O=C(c1cc2cc(F)ccc2o1)C(F)(F)F. The zero-order chi connectivity index (χ0) is 11.9. The normalized spacial score (nSPS) is 12.0. The third kappa shape index (κ3) is 1.78. The van der Waals surface area contributed by atoms with Gasteiger partial charge in [0.1, 0.15) is 11.4 Å². The zero-order valence-corrected chi connectivity index (χ0v) is 7.64. The lowest BCUT2D eigenvalue weighted by Gasteiger charge is -2.00. The van der Waals surface area contributed by atoms with E-state index in [4.69, 9.17) is 0 Å². The summed E-state index contributed by atoms with van der Waals surface area (Å²) in [6.07, 6.45) is -4.99. The average Bonchev–Trinajstić information content (AvgIpc) is 2.57. The predicted octanol–water partition coefficient (Wildman–Crippen LogP) is 3.32. The van der Waals surface area contributed by atoms with Crippen molar-refractivity contribution in [1.29, 1.82) is 0 Å². The van der Waals surface area contributed by atoms with Crippen LogP contribution in [-0.2, 0) is 0 Å². The lowest BCUT2D eigenvalue weighted by atomic mass is 10.2.